The molecule has 1 unspecified atom stereocenters. The van der Waals surface area contributed by atoms with E-state index in [1.54, 1.807) is 6.07 Å². The second-order valence-electron chi connectivity index (χ2n) is 12.6. The Kier molecular flexibility index (Phi) is 8.80. The first-order chi connectivity index (χ1) is 18.8. The van der Waals surface area contributed by atoms with Gasteiger partial charge in [0.2, 0.25) is 0 Å². The molecular formula is C33H47N3O3. The normalized spacial score (nSPS) is 20.6. The van der Waals surface area contributed by atoms with E-state index in [-0.39, 0.29) is 17.5 Å². The van der Waals surface area contributed by atoms with Crippen LogP contribution in [0.1, 0.15) is 97.5 Å². The third kappa shape index (κ3) is 6.77. The number of phenols is 1. The van der Waals surface area contributed by atoms with Crippen molar-refractivity contribution < 1.29 is 9.90 Å². The van der Waals surface area contributed by atoms with Crippen LogP contribution in [0.15, 0.2) is 29.1 Å². The molecule has 3 aliphatic rings. The SMILES string of the molecule is Cc1ccc(O)cc1CCCN(CC1CC1)C(C)[C@H]1CCc2[nH]c(=O)c(C(=O)N(C)C3CCCCC3)cc2C1. The van der Waals surface area contributed by atoms with Crippen molar-refractivity contribution in [3.63, 3.8) is 0 Å². The monoisotopic (exact) mass is 533 g/mol. The fourth-order valence-corrected chi connectivity index (χ4v) is 6.92. The number of nitrogens with one attached hydrogen (secondary N) is 1. The first-order valence-electron chi connectivity index (χ1n) is 15.3. The molecule has 5 rings (SSSR count). The summed E-state index contributed by atoms with van der Waals surface area (Å²) in [4.78, 5) is 33.9. The van der Waals surface area contributed by atoms with Crippen LogP contribution < -0.4 is 5.56 Å². The van der Waals surface area contributed by atoms with Crippen molar-refractivity contribution in [1.29, 1.82) is 0 Å². The largest absolute Gasteiger partial charge is 0.508 e. The highest BCUT2D eigenvalue weighted by Gasteiger charge is 2.33. The summed E-state index contributed by atoms with van der Waals surface area (Å²) < 4.78 is 0. The number of carbonyl (C=O) groups is 1. The quantitative estimate of drug-likeness (QED) is 0.415. The Hall–Kier alpha value is -2.60. The number of hydrogen-bond donors (Lipinski definition) is 2. The molecule has 0 radical (unpaired) electrons. The van der Waals surface area contributed by atoms with Gasteiger partial charge in [-0.25, -0.2) is 0 Å². The third-order valence-corrected chi connectivity index (χ3v) is 9.81. The van der Waals surface area contributed by atoms with E-state index in [1.807, 2.05) is 30.1 Å². The van der Waals surface area contributed by atoms with Gasteiger partial charge in [0.05, 0.1) is 0 Å². The molecule has 2 fully saturated rings. The topological polar surface area (TPSA) is 76.6 Å². The minimum atomic E-state index is -0.231. The molecule has 0 spiro atoms. The molecular weight excluding hydrogens is 486 g/mol. The Bertz CT molecular complexity index is 1210. The summed E-state index contributed by atoms with van der Waals surface area (Å²) in [6, 6.07) is 8.29. The number of carbonyl (C=O) groups excluding carboxylic acids is 1. The van der Waals surface area contributed by atoms with E-state index in [0.717, 1.165) is 88.1 Å². The van der Waals surface area contributed by atoms with Crippen LogP contribution in [0.25, 0.3) is 0 Å². The Morgan fingerprint density at radius 1 is 1.10 bits per heavy atom. The molecule has 39 heavy (non-hydrogen) atoms. The number of amides is 1. The zero-order valence-corrected chi connectivity index (χ0v) is 24.2. The predicted octanol–water partition coefficient (Wildman–Crippen LogP) is 5.63. The Morgan fingerprint density at radius 2 is 1.87 bits per heavy atom. The van der Waals surface area contributed by atoms with E-state index < -0.39 is 0 Å². The molecule has 6 nitrogen and oxygen atoms in total. The van der Waals surface area contributed by atoms with Gasteiger partial charge in [0, 0.05) is 31.4 Å². The summed E-state index contributed by atoms with van der Waals surface area (Å²) in [5, 5.41) is 9.92. The number of aromatic hydroxyl groups is 1. The van der Waals surface area contributed by atoms with E-state index in [0.29, 0.717) is 23.3 Å². The number of nitrogens with zero attached hydrogens (tertiary/aromatic N) is 2. The second-order valence-corrected chi connectivity index (χ2v) is 12.6. The molecule has 2 saturated carbocycles. The first kappa shape index (κ1) is 27.9. The predicted molar refractivity (Wildman–Crippen MR) is 156 cm³/mol. The van der Waals surface area contributed by atoms with Gasteiger partial charge in [0.1, 0.15) is 11.3 Å². The van der Waals surface area contributed by atoms with Gasteiger partial charge in [-0.3, -0.25) is 9.59 Å². The van der Waals surface area contributed by atoms with Crippen LogP contribution in [-0.2, 0) is 19.3 Å². The number of aryl methyl sites for hydroxylation is 3. The van der Waals surface area contributed by atoms with E-state index in [4.69, 9.17) is 0 Å². The molecule has 0 saturated heterocycles. The summed E-state index contributed by atoms with van der Waals surface area (Å²) in [6.45, 7) is 6.71. The van der Waals surface area contributed by atoms with Crippen molar-refractivity contribution in [2.24, 2.45) is 11.8 Å². The minimum absolute atomic E-state index is 0.126. The summed E-state index contributed by atoms with van der Waals surface area (Å²) in [5.74, 6) is 1.55. The number of hydrogen-bond acceptors (Lipinski definition) is 4. The van der Waals surface area contributed by atoms with Crippen molar-refractivity contribution in [3.8, 4) is 5.75 Å². The highest BCUT2D eigenvalue weighted by molar-refractivity contribution is 5.94. The summed E-state index contributed by atoms with van der Waals surface area (Å²) in [7, 11) is 1.87. The van der Waals surface area contributed by atoms with Crippen molar-refractivity contribution >= 4 is 5.91 Å². The fourth-order valence-electron chi connectivity index (χ4n) is 6.92. The Balaban J connectivity index is 1.26. The van der Waals surface area contributed by atoms with Crippen LogP contribution in [0.5, 0.6) is 5.75 Å². The standard InChI is InChI=1S/C33H47N3O3/c1-22-11-15-29(37)19-25(22)8-7-17-36(21-24-12-13-24)23(2)26-14-16-31-27(18-26)20-30(32(38)34-31)33(39)35(3)28-9-5-4-6-10-28/h11,15,19-20,23-24,26,28,37H,4-10,12-14,16-18,21H2,1-3H3,(H,34,38)/t23?,26-/m0/s1. The number of pyridine rings is 1. The maximum absolute atomic E-state index is 13.4. The summed E-state index contributed by atoms with van der Waals surface area (Å²) in [5.41, 5.74) is 4.73. The molecule has 0 bridgehead atoms. The van der Waals surface area contributed by atoms with Crippen LogP contribution in [0.2, 0.25) is 0 Å². The number of rotatable bonds is 10. The molecule has 0 aliphatic heterocycles. The van der Waals surface area contributed by atoms with Crippen molar-refractivity contribution in [2.45, 2.75) is 103 Å². The van der Waals surface area contributed by atoms with E-state index in [1.165, 1.54) is 30.4 Å². The number of fused-ring (bicyclic) bond motifs is 1. The van der Waals surface area contributed by atoms with E-state index in [9.17, 15) is 14.7 Å². The first-order valence-corrected chi connectivity index (χ1v) is 15.3. The van der Waals surface area contributed by atoms with Gasteiger partial charge in [0.15, 0.2) is 0 Å². The lowest BCUT2D eigenvalue weighted by Crippen LogP contribution is -2.43. The molecule has 6 heteroatoms. The van der Waals surface area contributed by atoms with Gasteiger partial charge in [-0.15, -0.1) is 0 Å². The highest BCUT2D eigenvalue weighted by atomic mass is 16.3. The lowest BCUT2D eigenvalue weighted by Gasteiger charge is -2.37. The van der Waals surface area contributed by atoms with Gasteiger partial charge in [-0.2, -0.15) is 0 Å². The Labute approximate surface area is 233 Å². The molecule has 2 atom stereocenters. The number of H-pyrrole nitrogens is 1. The Morgan fingerprint density at radius 3 is 2.62 bits per heavy atom. The molecule has 212 valence electrons. The van der Waals surface area contributed by atoms with Crippen molar-refractivity contribution in [1.82, 2.24) is 14.8 Å². The van der Waals surface area contributed by atoms with Crippen molar-refractivity contribution in [3.05, 3.63) is 62.6 Å². The molecule has 1 heterocycles. The van der Waals surface area contributed by atoms with Crippen molar-refractivity contribution in [2.75, 3.05) is 20.1 Å². The van der Waals surface area contributed by atoms with Gasteiger partial charge in [-0.05, 0) is 125 Å². The number of phenolic OH excluding ortho intramolecular Hbond substituents is 1. The van der Waals surface area contributed by atoms with Gasteiger partial charge < -0.3 is 19.9 Å². The lowest BCUT2D eigenvalue weighted by molar-refractivity contribution is 0.0694. The van der Waals surface area contributed by atoms with E-state index >= 15 is 0 Å². The van der Waals surface area contributed by atoms with Crippen LogP contribution in [0.3, 0.4) is 0 Å². The number of aromatic amines is 1. The molecule has 3 aliphatic carbocycles. The van der Waals surface area contributed by atoms with Gasteiger partial charge >= 0.3 is 0 Å². The molecule has 1 aromatic carbocycles. The lowest BCUT2D eigenvalue weighted by atomic mass is 9.81. The summed E-state index contributed by atoms with van der Waals surface area (Å²) in [6.07, 6.45) is 13.2. The zero-order chi connectivity index (χ0) is 27.5. The smallest absolute Gasteiger partial charge is 0.261 e. The van der Waals surface area contributed by atoms with Crippen LogP contribution in [0, 0.1) is 18.8 Å². The zero-order valence-electron chi connectivity index (χ0n) is 24.2. The molecule has 2 aromatic rings. The highest BCUT2D eigenvalue weighted by Crippen LogP contribution is 2.34. The molecule has 1 aromatic heterocycles. The average molecular weight is 534 g/mol. The maximum atomic E-state index is 13.4. The fraction of sp³-hybridized carbons (Fsp3) is 0.636. The third-order valence-electron chi connectivity index (χ3n) is 9.81. The van der Waals surface area contributed by atoms with Crippen LogP contribution in [-0.4, -0.2) is 58.0 Å². The molecule has 1 amide bonds. The minimum Gasteiger partial charge on any atom is -0.508 e. The average Bonchev–Trinajstić information content (AvgIpc) is 3.77. The summed E-state index contributed by atoms with van der Waals surface area (Å²) >= 11 is 0. The number of aromatic nitrogens is 1. The van der Waals surface area contributed by atoms with Gasteiger partial charge in [-0.1, -0.05) is 25.3 Å². The molecule has 2 N–H and O–H groups in total. The second kappa shape index (κ2) is 12.3. The van der Waals surface area contributed by atoms with E-state index in [2.05, 4.69) is 23.7 Å². The van der Waals surface area contributed by atoms with Gasteiger partial charge in [0.25, 0.3) is 11.5 Å². The van der Waals surface area contributed by atoms with Crippen LogP contribution >= 0.6 is 0 Å². The maximum Gasteiger partial charge on any atom is 0.261 e. The number of benzene rings is 1. The van der Waals surface area contributed by atoms with Crippen LogP contribution in [0.4, 0.5) is 0 Å².